The first-order chi connectivity index (χ1) is 23.7. The van der Waals surface area contributed by atoms with Crippen LogP contribution in [0.3, 0.4) is 0 Å². The van der Waals surface area contributed by atoms with Crippen molar-refractivity contribution in [3.05, 3.63) is 65.6 Å². The number of fused-ring (bicyclic) bond motifs is 1. The Balaban J connectivity index is 1.49. The van der Waals surface area contributed by atoms with Crippen molar-refractivity contribution in [1.82, 2.24) is 23.8 Å². The van der Waals surface area contributed by atoms with E-state index < -0.39 is 60.4 Å². The number of ketones is 1. The summed E-state index contributed by atoms with van der Waals surface area (Å²) in [4.78, 5) is 38.2. The van der Waals surface area contributed by atoms with Gasteiger partial charge in [0.25, 0.3) is 0 Å². The van der Waals surface area contributed by atoms with E-state index in [1.165, 1.54) is 36.5 Å². The molecule has 0 saturated carbocycles. The van der Waals surface area contributed by atoms with Crippen LogP contribution in [0.1, 0.15) is 43.6 Å². The summed E-state index contributed by atoms with van der Waals surface area (Å²) < 4.78 is 91.1. The fourth-order valence-electron chi connectivity index (χ4n) is 5.36. The molecule has 0 bridgehead atoms. The molecule has 0 atom stereocenters. The number of piperazine rings is 1. The van der Waals surface area contributed by atoms with Crippen LogP contribution in [-0.2, 0) is 24.8 Å². The lowest BCUT2D eigenvalue weighted by molar-refractivity contribution is 0.0240. The number of benzene rings is 1. The number of halogens is 2. The maximum atomic E-state index is 15.6. The number of nitrogens with zero attached hydrogens (tertiary/aromatic N) is 6. The van der Waals surface area contributed by atoms with Crippen LogP contribution < -0.4 is 15.5 Å². The summed E-state index contributed by atoms with van der Waals surface area (Å²) in [5.74, 6) is 2.43. The number of sulfone groups is 1. The second-order valence-corrected chi connectivity index (χ2v) is 16.7. The SMILES string of the molecule is CCN(C)S(=O)(=O)Nc1ccc(F)c(C(=O)c2cn(N)c3ncc(-c4cnc(N5CCN(C(=O)OC(C)(C)C)CC5)c(S(C)(=O)=O)c4)cc23)c1F. The zero-order valence-corrected chi connectivity index (χ0v) is 30.4. The van der Waals surface area contributed by atoms with Crippen molar-refractivity contribution >= 4 is 54.5 Å². The quantitative estimate of drug-likeness (QED) is 0.189. The van der Waals surface area contributed by atoms with Gasteiger partial charge in [0.05, 0.1) is 16.8 Å². The maximum Gasteiger partial charge on any atom is 0.410 e. The van der Waals surface area contributed by atoms with E-state index >= 15 is 8.78 Å². The summed E-state index contributed by atoms with van der Waals surface area (Å²) in [6.07, 6.45) is 4.51. The molecule has 19 heteroatoms. The van der Waals surface area contributed by atoms with Gasteiger partial charge in [-0.25, -0.2) is 32.0 Å². The third-order valence-electron chi connectivity index (χ3n) is 8.12. The van der Waals surface area contributed by atoms with Crippen LogP contribution in [0, 0.1) is 11.6 Å². The zero-order chi connectivity index (χ0) is 37.6. The number of hydrogen-bond donors (Lipinski definition) is 2. The van der Waals surface area contributed by atoms with Crippen LogP contribution in [0.2, 0.25) is 0 Å². The summed E-state index contributed by atoms with van der Waals surface area (Å²) in [7, 11) is -6.79. The number of carbonyl (C=O) groups excluding carboxylic acids is 2. The van der Waals surface area contributed by atoms with E-state index in [0.29, 0.717) is 24.2 Å². The molecule has 0 spiro atoms. The highest BCUT2D eigenvalue weighted by atomic mass is 32.2. The van der Waals surface area contributed by atoms with Crippen molar-refractivity contribution in [3.63, 3.8) is 0 Å². The lowest BCUT2D eigenvalue weighted by Crippen LogP contribution is -2.50. The Bertz CT molecular complexity index is 2250. The highest BCUT2D eigenvalue weighted by Gasteiger charge is 2.30. The second-order valence-electron chi connectivity index (χ2n) is 13.0. The average molecular weight is 749 g/mol. The molecule has 1 amide bonds. The van der Waals surface area contributed by atoms with Crippen molar-refractivity contribution in [2.45, 2.75) is 38.2 Å². The van der Waals surface area contributed by atoms with Crippen molar-refractivity contribution in [2.24, 2.45) is 0 Å². The third-order valence-corrected chi connectivity index (χ3v) is 10.8. The van der Waals surface area contributed by atoms with Crippen LogP contribution in [0.25, 0.3) is 22.2 Å². The van der Waals surface area contributed by atoms with Crippen molar-refractivity contribution in [2.75, 3.05) is 61.5 Å². The van der Waals surface area contributed by atoms with Gasteiger partial charge in [0, 0.05) is 81.1 Å². The van der Waals surface area contributed by atoms with Gasteiger partial charge < -0.3 is 20.4 Å². The van der Waals surface area contributed by atoms with Gasteiger partial charge in [-0.2, -0.15) is 12.7 Å². The third kappa shape index (κ3) is 7.74. The molecular formula is C32H38F2N8O7S2. The Morgan fingerprint density at radius 1 is 1.02 bits per heavy atom. The van der Waals surface area contributed by atoms with Gasteiger partial charge in [0.15, 0.2) is 21.3 Å². The Morgan fingerprint density at radius 3 is 2.25 bits per heavy atom. The van der Waals surface area contributed by atoms with Crippen molar-refractivity contribution < 1.29 is 39.9 Å². The number of aromatic nitrogens is 3. The molecule has 274 valence electrons. The first-order valence-electron chi connectivity index (χ1n) is 15.7. The molecule has 1 fully saturated rings. The summed E-state index contributed by atoms with van der Waals surface area (Å²) in [6, 6.07) is 4.50. The fraction of sp³-hybridized carbons (Fsp3) is 0.375. The zero-order valence-electron chi connectivity index (χ0n) is 28.8. The molecule has 1 saturated heterocycles. The van der Waals surface area contributed by atoms with E-state index in [1.807, 2.05) is 4.72 Å². The van der Waals surface area contributed by atoms with Gasteiger partial charge in [0.1, 0.15) is 22.1 Å². The smallest absolute Gasteiger partial charge is 0.410 e. The van der Waals surface area contributed by atoms with E-state index in [4.69, 9.17) is 10.6 Å². The highest BCUT2D eigenvalue weighted by molar-refractivity contribution is 7.91. The second kappa shape index (κ2) is 13.7. The Hall–Kier alpha value is -4.88. The molecule has 0 aliphatic carbocycles. The van der Waals surface area contributed by atoms with Gasteiger partial charge in [-0.15, -0.1) is 0 Å². The minimum absolute atomic E-state index is 0.0616. The standard InChI is InChI=1S/C32H38F2N8O7S2/c1-7-39(5)51(47,48)38-24-9-8-23(33)26(27(24)34)28(43)22-18-42(35)29-21(22)14-19(16-36-29)20-15-25(50(6,45)46)30(37-17-20)40-10-12-41(13-11-40)31(44)49-32(2,3)4/h8-9,14-18,38H,7,10-13,35H2,1-6H3. The largest absolute Gasteiger partial charge is 0.444 e. The normalized spacial score (nSPS) is 14.3. The molecule has 1 aliphatic rings. The molecule has 3 aromatic heterocycles. The molecule has 0 unspecified atom stereocenters. The van der Waals surface area contributed by atoms with Gasteiger partial charge in [0.2, 0.25) is 5.78 Å². The van der Waals surface area contributed by atoms with Crippen LogP contribution in [0.4, 0.5) is 25.1 Å². The molecule has 51 heavy (non-hydrogen) atoms. The maximum absolute atomic E-state index is 15.6. The Morgan fingerprint density at radius 2 is 1.65 bits per heavy atom. The number of pyridine rings is 2. The predicted molar refractivity (Wildman–Crippen MR) is 187 cm³/mol. The summed E-state index contributed by atoms with van der Waals surface area (Å²) in [6.45, 7) is 8.07. The fourth-order valence-corrected chi connectivity index (χ4v) is 7.15. The molecular weight excluding hydrogens is 711 g/mol. The lowest BCUT2D eigenvalue weighted by Gasteiger charge is -2.36. The van der Waals surface area contributed by atoms with Gasteiger partial charge in [-0.1, -0.05) is 6.92 Å². The minimum Gasteiger partial charge on any atom is -0.444 e. The number of carbonyl (C=O) groups is 2. The van der Waals surface area contributed by atoms with Crippen molar-refractivity contribution in [3.8, 4) is 11.1 Å². The Labute approximate surface area is 294 Å². The summed E-state index contributed by atoms with van der Waals surface area (Å²) >= 11 is 0. The molecule has 15 nitrogen and oxygen atoms in total. The molecule has 1 aromatic carbocycles. The van der Waals surface area contributed by atoms with E-state index in [0.717, 1.165) is 33.6 Å². The molecule has 4 heterocycles. The molecule has 4 aromatic rings. The average Bonchev–Trinajstić information content (AvgIpc) is 3.39. The van der Waals surface area contributed by atoms with Crippen LogP contribution in [-0.4, -0.2) is 104 Å². The Kier molecular flexibility index (Phi) is 10.0. The minimum atomic E-state index is -4.21. The van der Waals surface area contributed by atoms with Crippen LogP contribution in [0.5, 0.6) is 0 Å². The van der Waals surface area contributed by atoms with Crippen LogP contribution in [0.15, 0.2) is 47.8 Å². The summed E-state index contributed by atoms with van der Waals surface area (Å²) in [5, 5.41) is 0.0822. The number of anilines is 2. The molecule has 1 aliphatic heterocycles. The topological polar surface area (TPSA) is 190 Å². The number of ether oxygens (including phenoxy) is 1. The number of nitrogens with one attached hydrogen (secondary N) is 1. The number of nitrogens with two attached hydrogens (primary N) is 1. The van der Waals surface area contributed by atoms with E-state index in [-0.39, 0.29) is 46.9 Å². The first kappa shape index (κ1) is 37.4. The predicted octanol–water partition coefficient (Wildman–Crippen LogP) is 3.39. The van der Waals surface area contributed by atoms with E-state index in [1.54, 1.807) is 32.6 Å². The van der Waals surface area contributed by atoms with E-state index in [2.05, 4.69) is 9.97 Å². The number of rotatable bonds is 9. The van der Waals surface area contributed by atoms with Crippen molar-refractivity contribution in [1.29, 1.82) is 0 Å². The van der Waals surface area contributed by atoms with Gasteiger partial charge in [-0.3, -0.25) is 14.2 Å². The van der Waals surface area contributed by atoms with Crippen LogP contribution >= 0.6 is 0 Å². The summed E-state index contributed by atoms with van der Waals surface area (Å²) in [5.41, 5.74) is -1.89. The van der Waals surface area contributed by atoms with E-state index in [9.17, 15) is 26.4 Å². The molecule has 5 rings (SSSR count). The number of hydrogen-bond acceptors (Lipinski definition) is 11. The first-order valence-corrected chi connectivity index (χ1v) is 19.0. The monoisotopic (exact) mass is 748 g/mol. The highest BCUT2D eigenvalue weighted by Crippen LogP contribution is 2.33. The van der Waals surface area contributed by atoms with Gasteiger partial charge >= 0.3 is 16.3 Å². The number of amides is 1. The molecule has 3 N–H and O–H groups in total. The lowest BCUT2D eigenvalue weighted by atomic mass is 10.00. The number of nitrogen functional groups attached to an aromatic ring is 1. The van der Waals surface area contributed by atoms with Gasteiger partial charge in [-0.05, 0) is 45.0 Å². The molecule has 0 radical (unpaired) electrons.